The summed E-state index contributed by atoms with van der Waals surface area (Å²) in [5.74, 6) is 0. The molecule has 5 heteroatoms. The monoisotopic (exact) mass is 271 g/mol. The maximum Gasteiger partial charge on any atom is 0.319 e. The van der Waals surface area contributed by atoms with E-state index in [1.807, 2.05) is 30.3 Å². The van der Waals surface area contributed by atoms with Crippen LogP contribution in [0.5, 0.6) is 0 Å². The van der Waals surface area contributed by atoms with E-state index in [1.54, 1.807) is 24.5 Å². The van der Waals surface area contributed by atoms with E-state index in [4.69, 9.17) is 4.74 Å². The Bertz CT molecular complexity index is 517. The van der Waals surface area contributed by atoms with Gasteiger partial charge in [0.05, 0.1) is 25.1 Å². The van der Waals surface area contributed by atoms with Gasteiger partial charge in [-0.1, -0.05) is 30.3 Å². The van der Waals surface area contributed by atoms with Gasteiger partial charge in [0.15, 0.2) is 0 Å². The van der Waals surface area contributed by atoms with Crippen LogP contribution < -0.4 is 10.6 Å². The van der Waals surface area contributed by atoms with Crippen LogP contribution in [0.15, 0.2) is 54.9 Å². The summed E-state index contributed by atoms with van der Waals surface area (Å²) < 4.78 is 5.47. The Balaban J connectivity index is 1.58. The van der Waals surface area contributed by atoms with Crippen LogP contribution in [0.3, 0.4) is 0 Å². The second kappa shape index (κ2) is 7.91. The summed E-state index contributed by atoms with van der Waals surface area (Å²) >= 11 is 0. The molecule has 1 aromatic carbocycles. The van der Waals surface area contributed by atoms with Gasteiger partial charge in [-0.25, -0.2) is 4.79 Å². The fraction of sp³-hybridized carbons (Fsp3) is 0.200. The Labute approximate surface area is 118 Å². The molecule has 2 rings (SSSR count). The molecular formula is C15H17N3O2. The number of hydrogen-bond donors (Lipinski definition) is 2. The van der Waals surface area contributed by atoms with E-state index in [9.17, 15) is 4.79 Å². The Morgan fingerprint density at radius 1 is 1.15 bits per heavy atom. The topological polar surface area (TPSA) is 63.2 Å². The summed E-state index contributed by atoms with van der Waals surface area (Å²) in [6.07, 6.45) is 3.24. The number of aromatic nitrogens is 1. The largest absolute Gasteiger partial charge is 0.375 e. The lowest BCUT2D eigenvalue weighted by Gasteiger charge is -2.08. The highest BCUT2D eigenvalue weighted by molar-refractivity contribution is 5.88. The van der Waals surface area contributed by atoms with E-state index < -0.39 is 0 Å². The number of anilines is 1. The van der Waals surface area contributed by atoms with E-state index in [0.29, 0.717) is 25.4 Å². The van der Waals surface area contributed by atoms with Gasteiger partial charge in [-0.15, -0.1) is 0 Å². The average Bonchev–Trinajstić information content (AvgIpc) is 2.49. The molecule has 2 N–H and O–H groups in total. The number of hydrogen-bond acceptors (Lipinski definition) is 3. The van der Waals surface area contributed by atoms with Gasteiger partial charge in [-0.2, -0.15) is 0 Å². The molecule has 0 fully saturated rings. The molecule has 0 saturated carbocycles. The Morgan fingerprint density at radius 3 is 2.75 bits per heavy atom. The van der Waals surface area contributed by atoms with E-state index in [2.05, 4.69) is 15.6 Å². The molecule has 0 spiro atoms. The van der Waals surface area contributed by atoms with Gasteiger partial charge in [0.2, 0.25) is 0 Å². The molecule has 0 aliphatic heterocycles. The number of urea groups is 1. The van der Waals surface area contributed by atoms with E-state index in [-0.39, 0.29) is 6.03 Å². The summed E-state index contributed by atoms with van der Waals surface area (Å²) in [7, 11) is 0. The van der Waals surface area contributed by atoms with Crippen molar-refractivity contribution < 1.29 is 9.53 Å². The Hall–Kier alpha value is -2.40. The Morgan fingerprint density at radius 2 is 2.00 bits per heavy atom. The molecular weight excluding hydrogens is 254 g/mol. The van der Waals surface area contributed by atoms with Crippen molar-refractivity contribution in [2.45, 2.75) is 6.61 Å². The number of ether oxygens (including phenoxy) is 1. The van der Waals surface area contributed by atoms with Crippen molar-refractivity contribution in [3.63, 3.8) is 0 Å². The number of amides is 2. The van der Waals surface area contributed by atoms with Gasteiger partial charge in [0.25, 0.3) is 0 Å². The highest BCUT2D eigenvalue weighted by Crippen LogP contribution is 2.02. The lowest BCUT2D eigenvalue weighted by molar-refractivity contribution is 0.124. The number of carbonyl (C=O) groups is 1. The second-order valence-corrected chi connectivity index (χ2v) is 4.16. The van der Waals surface area contributed by atoms with Crippen molar-refractivity contribution in [2.75, 3.05) is 18.5 Å². The van der Waals surface area contributed by atoms with Gasteiger partial charge >= 0.3 is 6.03 Å². The van der Waals surface area contributed by atoms with Crippen molar-refractivity contribution in [1.82, 2.24) is 10.3 Å². The number of nitrogens with one attached hydrogen (secondary N) is 2. The third-order valence-electron chi connectivity index (χ3n) is 2.56. The average molecular weight is 271 g/mol. The van der Waals surface area contributed by atoms with Crippen molar-refractivity contribution in [3.05, 3.63) is 60.4 Å². The zero-order valence-corrected chi connectivity index (χ0v) is 11.1. The van der Waals surface area contributed by atoms with Gasteiger partial charge in [-0.05, 0) is 17.7 Å². The summed E-state index contributed by atoms with van der Waals surface area (Å²) in [5.41, 5.74) is 1.78. The van der Waals surface area contributed by atoms with Crippen LogP contribution in [0, 0.1) is 0 Å². The third-order valence-corrected chi connectivity index (χ3v) is 2.56. The Kier molecular flexibility index (Phi) is 5.54. The lowest BCUT2D eigenvalue weighted by Crippen LogP contribution is -2.31. The number of nitrogens with zero attached hydrogens (tertiary/aromatic N) is 1. The highest BCUT2D eigenvalue weighted by atomic mass is 16.5. The van der Waals surface area contributed by atoms with Gasteiger partial charge in [0.1, 0.15) is 0 Å². The van der Waals surface area contributed by atoms with E-state index in [1.165, 1.54) is 0 Å². The van der Waals surface area contributed by atoms with Crippen LogP contribution in [0.1, 0.15) is 5.56 Å². The third kappa shape index (κ3) is 5.07. The smallest absolute Gasteiger partial charge is 0.319 e. The quantitative estimate of drug-likeness (QED) is 0.793. The van der Waals surface area contributed by atoms with Crippen LogP contribution in [-0.2, 0) is 11.3 Å². The number of pyridine rings is 1. The standard InChI is InChI=1S/C15H17N3O2/c19-15(18-14-7-4-8-16-11-14)17-9-10-20-12-13-5-2-1-3-6-13/h1-8,11H,9-10,12H2,(H2,17,18,19). The van der Waals surface area contributed by atoms with Crippen LogP contribution in [0.4, 0.5) is 10.5 Å². The van der Waals surface area contributed by atoms with Crippen molar-refractivity contribution in [3.8, 4) is 0 Å². The first-order chi connectivity index (χ1) is 9.84. The summed E-state index contributed by atoms with van der Waals surface area (Å²) in [5, 5.41) is 5.40. The maximum absolute atomic E-state index is 11.5. The first-order valence-corrected chi connectivity index (χ1v) is 6.41. The predicted molar refractivity (Wildman–Crippen MR) is 77.4 cm³/mol. The lowest BCUT2D eigenvalue weighted by atomic mass is 10.2. The van der Waals surface area contributed by atoms with Crippen LogP contribution >= 0.6 is 0 Å². The van der Waals surface area contributed by atoms with E-state index in [0.717, 1.165) is 5.56 Å². The van der Waals surface area contributed by atoms with Crippen molar-refractivity contribution >= 4 is 11.7 Å². The first-order valence-electron chi connectivity index (χ1n) is 6.41. The zero-order chi connectivity index (χ0) is 14.0. The second-order valence-electron chi connectivity index (χ2n) is 4.16. The minimum Gasteiger partial charge on any atom is -0.375 e. The minimum atomic E-state index is -0.263. The maximum atomic E-state index is 11.5. The van der Waals surface area contributed by atoms with Gasteiger partial charge in [0, 0.05) is 12.7 Å². The minimum absolute atomic E-state index is 0.263. The summed E-state index contributed by atoms with van der Waals surface area (Å²) in [4.78, 5) is 15.5. The molecule has 0 aliphatic carbocycles. The molecule has 2 aromatic rings. The molecule has 0 saturated heterocycles. The predicted octanol–water partition coefficient (Wildman–Crippen LogP) is 2.42. The van der Waals surface area contributed by atoms with Crippen LogP contribution in [0.25, 0.3) is 0 Å². The molecule has 0 bridgehead atoms. The summed E-state index contributed by atoms with van der Waals surface area (Å²) in [6, 6.07) is 13.2. The van der Waals surface area contributed by atoms with Gasteiger partial charge in [-0.3, -0.25) is 4.98 Å². The number of carbonyl (C=O) groups excluding carboxylic acids is 1. The van der Waals surface area contributed by atoms with Crippen LogP contribution in [0.2, 0.25) is 0 Å². The van der Waals surface area contributed by atoms with Gasteiger partial charge < -0.3 is 15.4 Å². The molecule has 20 heavy (non-hydrogen) atoms. The fourth-order valence-corrected chi connectivity index (χ4v) is 1.61. The normalized spacial score (nSPS) is 10.0. The SMILES string of the molecule is O=C(NCCOCc1ccccc1)Nc1cccnc1. The molecule has 0 unspecified atom stereocenters. The molecule has 1 heterocycles. The fourth-order valence-electron chi connectivity index (χ4n) is 1.61. The zero-order valence-electron chi connectivity index (χ0n) is 11.1. The van der Waals surface area contributed by atoms with Crippen molar-refractivity contribution in [2.24, 2.45) is 0 Å². The molecule has 0 radical (unpaired) electrons. The number of benzene rings is 1. The summed E-state index contributed by atoms with van der Waals surface area (Å²) in [6.45, 7) is 1.47. The first kappa shape index (κ1) is 14.0. The molecule has 1 aromatic heterocycles. The van der Waals surface area contributed by atoms with Crippen LogP contribution in [-0.4, -0.2) is 24.2 Å². The van der Waals surface area contributed by atoms with Crippen molar-refractivity contribution in [1.29, 1.82) is 0 Å². The molecule has 0 atom stereocenters. The molecule has 104 valence electrons. The number of rotatable bonds is 6. The van der Waals surface area contributed by atoms with E-state index >= 15 is 0 Å². The molecule has 0 aliphatic rings. The highest BCUT2D eigenvalue weighted by Gasteiger charge is 2.00. The molecule has 5 nitrogen and oxygen atoms in total. The molecule has 2 amide bonds.